The number of anilines is 1. The molecule has 9 heteroatoms. The molecule has 3 rings (SSSR count). The Morgan fingerprint density at radius 2 is 1.90 bits per heavy atom. The lowest BCUT2D eigenvalue weighted by atomic mass is 10.2. The van der Waals surface area contributed by atoms with Crippen molar-refractivity contribution in [1.82, 2.24) is 15.5 Å². The fourth-order valence-electron chi connectivity index (χ4n) is 3.85. The molecule has 1 unspecified atom stereocenters. The quantitative estimate of drug-likeness (QED) is 0.231. The second-order valence-corrected chi connectivity index (χ2v) is 7.57. The van der Waals surface area contributed by atoms with Crippen LogP contribution in [0.15, 0.2) is 23.2 Å². The lowest BCUT2D eigenvalue weighted by Gasteiger charge is -2.26. The molecule has 2 fully saturated rings. The summed E-state index contributed by atoms with van der Waals surface area (Å²) < 4.78 is 33.4. The summed E-state index contributed by atoms with van der Waals surface area (Å²) in [5.41, 5.74) is 0.0712. The van der Waals surface area contributed by atoms with Gasteiger partial charge in [-0.2, -0.15) is 0 Å². The van der Waals surface area contributed by atoms with Gasteiger partial charge in [-0.1, -0.05) is 6.07 Å². The van der Waals surface area contributed by atoms with E-state index >= 15 is 0 Å². The number of hydrogen-bond donors (Lipinski definition) is 2. The molecule has 0 amide bonds. The third-order valence-electron chi connectivity index (χ3n) is 5.38. The predicted molar refractivity (Wildman–Crippen MR) is 128 cm³/mol. The molecule has 2 N–H and O–H groups in total. The first-order valence-electron chi connectivity index (χ1n) is 10.7. The number of nitrogens with one attached hydrogen (secondary N) is 2. The first-order chi connectivity index (χ1) is 14.2. The SMILES string of the molecule is CCNC(=NCCCCN1CCOCC1)NC1CCN(c2c(F)cccc2F)C1.I. The number of benzene rings is 1. The van der Waals surface area contributed by atoms with E-state index in [4.69, 9.17) is 4.74 Å². The van der Waals surface area contributed by atoms with E-state index in [1.54, 1.807) is 4.90 Å². The maximum absolute atomic E-state index is 14.0. The highest BCUT2D eigenvalue weighted by atomic mass is 127. The standard InChI is InChI=1S/C21H33F2N5O.HI/c1-2-24-21(25-9-3-4-10-27-12-14-29-15-13-27)26-17-8-11-28(16-17)20-18(22)6-5-7-19(20)23;/h5-7,17H,2-4,8-16H2,1H3,(H2,24,25,26);1H. The first-order valence-corrected chi connectivity index (χ1v) is 10.7. The van der Waals surface area contributed by atoms with Gasteiger partial charge in [-0.15, -0.1) is 24.0 Å². The molecule has 2 heterocycles. The topological polar surface area (TPSA) is 52.1 Å². The van der Waals surface area contributed by atoms with Crippen molar-refractivity contribution in [2.45, 2.75) is 32.2 Å². The van der Waals surface area contributed by atoms with Crippen LogP contribution in [0, 0.1) is 11.6 Å². The molecule has 2 aliphatic rings. The number of nitrogens with zero attached hydrogens (tertiary/aromatic N) is 3. The van der Waals surface area contributed by atoms with Crippen molar-refractivity contribution in [2.75, 3.05) is 63.9 Å². The van der Waals surface area contributed by atoms with Gasteiger partial charge in [0.05, 0.1) is 13.2 Å². The van der Waals surface area contributed by atoms with E-state index in [1.807, 2.05) is 6.92 Å². The third kappa shape index (κ3) is 7.49. The van der Waals surface area contributed by atoms with Crippen LogP contribution >= 0.6 is 24.0 Å². The van der Waals surface area contributed by atoms with Gasteiger partial charge in [-0.3, -0.25) is 9.89 Å². The Hall–Kier alpha value is -1.20. The zero-order chi connectivity index (χ0) is 20.5. The average Bonchev–Trinajstić information content (AvgIpc) is 3.16. The van der Waals surface area contributed by atoms with Crippen LogP contribution in [0.3, 0.4) is 0 Å². The number of guanidine groups is 1. The van der Waals surface area contributed by atoms with E-state index in [0.29, 0.717) is 13.1 Å². The third-order valence-corrected chi connectivity index (χ3v) is 5.38. The molecule has 0 spiro atoms. The summed E-state index contributed by atoms with van der Waals surface area (Å²) in [6.45, 7) is 9.55. The van der Waals surface area contributed by atoms with Crippen molar-refractivity contribution in [3.8, 4) is 0 Å². The molecule has 0 bridgehead atoms. The molecule has 1 aromatic carbocycles. The molecule has 1 aromatic rings. The van der Waals surface area contributed by atoms with Crippen LogP contribution < -0.4 is 15.5 Å². The van der Waals surface area contributed by atoms with Crippen molar-refractivity contribution >= 4 is 35.6 Å². The minimum atomic E-state index is -0.508. The van der Waals surface area contributed by atoms with Crippen molar-refractivity contribution < 1.29 is 13.5 Å². The number of halogens is 3. The second-order valence-electron chi connectivity index (χ2n) is 7.57. The minimum absolute atomic E-state index is 0. The van der Waals surface area contributed by atoms with E-state index in [9.17, 15) is 8.78 Å². The zero-order valence-electron chi connectivity index (χ0n) is 17.7. The van der Waals surface area contributed by atoms with Crippen molar-refractivity contribution in [2.24, 2.45) is 4.99 Å². The van der Waals surface area contributed by atoms with E-state index in [-0.39, 0.29) is 35.7 Å². The second kappa shape index (κ2) is 13.3. The molecule has 2 aliphatic heterocycles. The summed E-state index contributed by atoms with van der Waals surface area (Å²) in [4.78, 5) is 8.89. The van der Waals surface area contributed by atoms with Crippen LogP contribution in [0.1, 0.15) is 26.2 Å². The Kier molecular flexibility index (Phi) is 11.1. The Labute approximate surface area is 195 Å². The fourth-order valence-corrected chi connectivity index (χ4v) is 3.85. The maximum atomic E-state index is 14.0. The van der Waals surface area contributed by atoms with Crippen LogP contribution in [-0.2, 0) is 4.74 Å². The molecule has 0 radical (unpaired) electrons. The number of para-hydroxylation sites is 1. The molecule has 170 valence electrons. The molecular weight excluding hydrogens is 503 g/mol. The number of aliphatic imine (C=N–C) groups is 1. The number of unbranched alkanes of at least 4 members (excludes halogenated alkanes) is 1. The summed E-state index contributed by atoms with van der Waals surface area (Å²) >= 11 is 0. The normalized spacial score (nSPS) is 20.2. The first kappa shape index (κ1) is 25.1. The Bertz CT molecular complexity index is 653. The molecule has 6 nitrogen and oxygen atoms in total. The Morgan fingerprint density at radius 3 is 2.60 bits per heavy atom. The lowest BCUT2D eigenvalue weighted by molar-refractivity contribution is 0.0373. The average molecular weight is 537 g/mol. The Balaban J connectivity index is 0.00000320. The monoisotopic (exact) mass is 537 g/mol. The maximum Gasteiger partial charge on any atom is 0.191 e. The molecule has 0 saturated carbocycles. The summed E-state index contributed by atoms with van der Waals surface area (Å²) in [5, 5.41) is 6.69. The molecular formula is C21H34F2IN5O. The largest absolute Gasteiger partial charge is 0.379 e. The van der Waals surface area contributed by atoms with Gasteiger partial charge in [-0.05, 0) is 44.9 Å². The van der Waals surface area contributed by atoms with E-state index < -0.39 is 11.6 Å². The van der Waals surface area contributed by atoms with Gasteiger partial charge in [0.15, 0.2) is 5.96 Å². The van der Waals surface area contributed by atoms with E-state index in [2.05, 4.69) is 20.5 Å². The van der Waals surface area contributed by atoms with Gasteiger partial charge in [0.1, 0.15) is 17.3 Å². The van der Waals surface area contributed by atoms with Gasteiger partial charge in [0, 0.05) is 45.3 Å². The van der Waals surface area contributed by atoms with Crippen molar-refractivity contribution in [1.29, 1.82) is 0 Å². The van der Waals surface area contributed by atoms with Gasteiger partial charge in [-0.25, -0.2) is 8.78 Å². The van der Waals surface area contributed by atoms with Crippen LogP contribution in [0.5, 0.6) is 0 Å². The number of morpholine rings is 1. The number of rotatable bonds is 8. The number of hydrogen-bond acceptors (Lipinski definition) is 4. The summed E-state index contributed by atoms with van der Waals surface area (Å²) in [5.74, 6) is -0.238. The van der Waals surface area contributed by atoms with E-state index in [0.717, 1.165) is 71.2 Å². The highest BCUT2D eigenvalue weighted by Crippen LogP contribution is 2.26. The van der Waals surface area contributed by atoms with Gasteiger partial charge >= 0.3 is 0 Å². The zero-order valence-corrected chi connectivity index (χ0v) is 20.0. The fraction of sp³-hybridized carbons (Fsp3) is 0.667. The highest BCUT2D eigenvalue weighted by Gasteiger charge is 2.27. The summed E-state index contributed by atoms with van der Waals surface area (Å²) in [7, 11) is 0. The van der Waals surface area contributed by atoms with E-state index in [1.165, 1.54) is 18.2 Å². The molecule has 1 atom stereocenters. The molecule has 2 saturated heterocycles. The van der Waals surface area contributed by atoms with Gasteiger partial charge in [0.2, 0.25) is 0 Å². The van der Waals surface area contributed by atoms with Crippen molar-refractivity contribution in [3.63, 3.8) is 0 Å². The van der Waals surface area contributed by atoms with Gasteiger partial charge in [0.25, 0.3) is 0 Å². The van der Waals surface area contributed by atoms with Crippen LogP contribution in [0.4, 0.5) is 14.5 Å². The minimum Gasteiger partial charge on any atom is -0.379 e. The number of ether oxygens (including phenoxy) is 1. The molecule has 0 aliphatic carbocycles. The van der Waals surface area contributed by atoms with Crippen LogP contribution in [-0.4, -0.2) is 75.9 Å². The summed E-state index contributed by atoms with van der Waals surface area (Å²) in [6.07, 6.45) is 2.97. The van der Waals surface area contributed by atoms with Crippen molar-refractivity contribution in [3.05, 3.63) is 29.8 Å². The lowest BCUT2D eigenvalue weighted by Crippen LogP contribution is -2.44. The molecule has 30 heavy (non-hydrogen) atoms. The van der Waals surface area contributed by atoms with Crippen LogP contribution in [0.25, 0.3) is 0 Å². The van der Waals surface area contributed by atoms with Gasteiger partial charge < -0.3 is 20.3 Å². The summed E-state index contributed by atoms with van der Waals surface area (Å²) in [6, 6.07) is 4.12. The highest BCUT2D eigenvalue weighted by molar-refractivity contribution is 14.0. The smallest absolute Gasteiger partial charge is 0.191 e. The Morgan fingerprint density at radius 1 is 1.17 bits per heavy atom. The van der Waals surface area contributed by atoms with Crippen LogP contribution in [0.2, 0.25) is 0 Å². The predicted octanol–water partition coefficient (Wildman–Crippen LogP) is 2.83. The molecule has 0 aromatic heterocycles.